The quantitative estimate of drug-likeness (QED) is 0.734. The Kier molecular flexibility index (Phi) is 5.32. The Morgan fingerprint density at radius 3 is 2.46 bits per heavy atom. The van der Waals surface area contributed by atoms with Crippen LogP contribution in [0.25, 0.3) is 0 Å². The highest BCUT2D eigenvalue weighted by Crippen LogP contribution is 2.33. The molecule has 0 aliphatic carbocycles. The summed E-state index contributed by atoms with van der Waals surface area (Å²) in [6.45, 7) is 2.95. The van der Waals surface area contributed by atoms with Crippen LogP contribution in [0.1, 0.15) is 17.7 Å². The highest BCUT2D eigenvalue weighted by Gasteiger charge is 2.32. The van der Waals surface area contributed by atoms with Crippen LogP contribution in [-0.2, 0) is 10.0 Å². The molecular weight excluding hydrogens is 408 g/mol. The number of halogens is 1. The molecule has 3 rings (SSSR count). The zero-order valence-corrected chi connectivity index (χ0v) is 16.3. The second kappa shape index (κ2) is 7.29. The van der Waals surface area contributed by atoms with Gasteiger partial charge in [-0.2, -0.15) is 0 Å². The Labute approximate surface area is 155 Å². The number of hydrogen-bond acceptors (Lipinski definition) is 4. The van der Waals surface area contributed by atoms with Gasteiger partial charge in [0.15, 0.2) is 5.17 Å². The van der Waals surface area contributed by atoms with Crippen molar-refractivity contribution in [2.75, 3.05) is 13.1 Å². The lowest BCUT2D eigenvalue weighted by Crippen LogP contribution is -2.33. The molecule has 1 aliphatic heterocycles. The predicted molar refractivity (Wildman–Crippen MR) is 103 cm³/mol. The van der Waals surface area contributed by atoms with E-state index in [0.29, 0.717) is 18.3 Å². The van der Waals surface area contributed by atoms with Crippen molar-refractivity contribution >= 4 is 42.9 Å². The Balaban J connectivity index is 1.81. The number of benzene rings is 2. The first kappa shape index (κ1) is 17.5. The van der Waals surface area contributed by atoms with Gasteiger partial charge in [0.1, 0.15) is 0 Å². The average Bonchev–Trinajstić information content (AvgIpc) is 3.05. The molecule has 0 bridgehead atoms. The Morgan fingerprint density at radius 1 is 1.12 bits per heavy atom. The van der Waals surface area contributed by atoms with E-state index < -0.39 is 10.0 Å². The van der Waals surface area contributed by atoms with Gasteiger partial charge in [0.2, 0.25) is 0 Å². The minimum atomic E-state index is -3.57. The van der Waals surface area contributed by atoms with Gasteiger partial charge in [0.25, 0.3) is 10.0 Å². The van der Waals surface area contributed by atoms with Crippen LogP contribution in [0.15, 0.2) is 69.0 Å². The Bertz CT molecular complexity index is 837. The van der Waals surface area contributed by atoms with Crippen LogP contribution in [0.5, 0.6) is 0 Å². The van der Waals surface area contributed by atoms with Gasteiger partial charge in [-0.1, -0.05) is 58.0 Å². The summed E-state index contributed by atoms with van der Waals surface area (Å²) in [4.78, 5) is 4.69. The molecule has 0 saturated heterocycles. The topological polar surface area (TPSA) is 49.7 Å². The van der Waals surface area contributed by atoms with Crippen molar-refractivity contribution in [3.8, 4) is 0 Å². The van der Waals surface area contributed by atoms with Crippen molar-refractivity contribution in [1.82, 2.24) is 4.31 Å². The van der Waals surface area contributed by atoms with Gasteiger partial charge in [0, 0.05) is 9.72 Å². The molecule has 126 valence electrons. The number of rotatable bonds is 4. The molecule has 1 heterocycles. The van der Waals surface area contributed by atoms with Crippen LogP contribution in [0.4, 0.5) is 0 Å². The summed E-state index contributed by atoms with van der Waals surface area (Å²) in [5.74, 6) is 0. The third-order valence-electron chi connectivity index (χ3n) is 3.72. The van der Waals surface area contributed by atoms with Crippen LogP contribution in [-0.4, -0.2) is 31.0 Å². The van der Waals surface area contributed by atoms with Crippen molar-refractivity contribution < 1.29 is 8.42 Å². The Hall–Kier alpha value is -1.31. The van der Waals surface area contributed by atoms with Crippen LogP contribution < -0.4 is 0 Å². The normalized spacial score (nSPS) is 16.1. The minimum Gasteiger partial charge on any atom is -0.260 e. The number of thioether (sulfide) groups is 1. The van der Waals surface area contributed by atoms with Gasteiger partial charge >= 0.3 is 0 Å². The molecular formula is C17H17BrN2O2S2. The van der Waals surface area contributed by atoms with Crippen molar-refractivity contribution in [3.05, 3.63) is 64.6 Å². The van der Waals surface area contributed by atoms with Gasteiger partial charge in [0.05, 0.1) is 18.0 Å². The van der Waals surface area contributed by atoms with E-state index in [-0.39, 0.29) is 10.1 Å². The monoisotopic (exact) mass is 424 g/mol. The van der Waals surface area contributed by atoms with E-state index in [9.17, 15) is 8.42 Å². The van der Waals surface area contributed by atoms with Gasteiger partial charge in [-0.3, -0.25) is 4.99 Å². The molecule has 0 fully saturated rings. The summed E-state index contributed by atoms with van der Waals surface area (Å²) in [5.41, 5.74) is 1.15. The molecule has 0 radical (unpaired) electrons. The van der Waals surface area contributed by atoms with Gasteiger partial charge < -0.3 is 0 Å². The van der Waals surface area contributed by atoms with E-state index >= 15 is 0 Å². The molecule has 2 aromatic rings. The highest BCUT2D eigenvalue weighted by molar-refractivity contribution is 9.10. The molecule has 1 aliphatic rings. The summed E-state index contributed by atoms with van der Waals surface area (Å²) in [6, 6.07) is 16.7. The molecule has 0 unspecified atom stereocenters. The molecule has 0 N–H and O–H groups in total. The van der Waals surface area contributed by atoms with E-state index in [1.807, 2.05) is 30.3 Å². The molecule has 2 aromatic carbocycles. The number of aliphatic imine (C=N–C) groups is 1. The van der Waals surface area contributed by atoms with Gasteiger partial charge in [-0.25, -0.2) is 12.7 Å². The second-order valence-electron chi connectivity index (χ2n) is 5.37. The lowest BCUT2D eigenvalue weighted by atomic mass is 10.2. The largest absolute Gasteiger partial charge is 0.265 e. The minimum absolute atomic E-state index is 0.130. The number of hydrogen-bond donors (Lipinski definition) is 0. The van der Waals surface area contributed by atoms with E-state index in [1.54, 1.807) is 24.3 Å². The van der Waals surface area contributed by atoms with E-state index in [1.165, 1.54) is 16.1 Å². The maximum absolute atomic E-state index is 12.9. The smallest absolute Gasteiger partial charge is 0.260 e. The average molecular weight is 425 g/mol. The summed E-state index contributed by atoms with van der Waals surface area (Å²) in [6.07, 6.45) is 0. The molecule has 0 spiro atoms. The molecule has 0 saturated carbocycles. The van der Waals surface area contributed by atoms with Crippen LogP contribution >= 0.6 is 27.7 Å². The van der Waals surface area contributed by atoms with E-state index in [4.69, 9.17) is 0 Å². The third kappa shape index (κ3) is 3.68. The molecule has 0 amide bonds. The van der Waals surface area contributed by atoms with Crippen molar-refractivity contribution in [2.24, 2.45) is 4.99 Å². The predicted octanol–water partition coefficient (Wildman–Crippen LogP) is 4.30. The fourth-order valence-electron chi connectivity index (χ4n) is 2.41. The molecule has 7 heteroatoms. The highest BCUT2D eigenvalue weighted by atomic mass is 79.9. The molecule has 24 heavy (non-hydrogen) atoms. The second-order valence-corrected chi connectivity index (χ2v) is 9.45. The number of nitrogens with zero attached hydrogens (tertiary/aromatic N) is 2. The van der Waals surface area contributed by atoms with Crippen LogP contribution in [0, 0.1) is 0 Å². The van der Waals surface area contributed by atoms with Gasteiger partial charge in [-0.05, 0) is 36.8 Å². The maximum Gasteiger partial charge on any atom is 0.265 e. The van der Waals surface area contributed by atoms with E-state index in [2.05, 4.69) is 27.8 Å². The van der Waals surface area contributed by atoms with Crippen molar-refractivity contribution in [2.45, 2.75) is 17.1 Å². The third-order valence-corrected chi connectivity index (χ3v) is 7.35. The number of sulfonamides is 1. The summed E-state index contributed by atoms with van der Waals surface area (Å²) < 4.78 is 28.0. The molecule has 1 atom stereocenters. The first-order valence-electron chi connectivity index (χ1n) is 7.53. The van der Waals surface area contributed by atoms with E-state index in [0.717, 1.165) is 10.0 Å². The van der Waals surface area contributed by atoms with Crippen LogP contribution in [0.2, 0.25) is 0 Å². The fraction of sp³-hybridized carbons (Fsp3) is 0.235. The zero-order chi connectivity index (χ0) is 17.2. The summed E-state index contributed by atoms with van der Waals surface area (Å²) in [7, 11) is -3.57. The van der Waals surface area contributed by atoms with Gasteiger partial charge in [-0.15, -0.1) is 0 Å². The summed E-state index contributed by atoms with van der Waals surface area (Å²) >= 11 is 4.81. The van der Waals surface area contributed by atoms with Crippen LogP contribution in [0.3, 0.4) is 0 Å². The first-order chi connectivity index (χ1) is 11.5. The van der Waals surface area contributed by atoms with Crippen molar-refractivity contribution in [3.63, 3.8) is 0 Å². The number of amidine groups is 1. The summed E-state index contributed by atoms with van der Waals surface area (Å²) in [5, 5.41) is 0.694. The van der Waals surface area contributed by atoms with Crippen molar-refractivity contribution in [1.29, 1.82) is 0 Å². The first-order valence-corrected chi connectivity index (χ1v) is 10.6. The fourth-order valence-corrected chi connectivity index (χ4v) is 5.41. The molecule has 0 aromatic heterocycles. The standard InChI is InChI=1S/C17H17BrN2O2S2/c1-13(14-5-3-2-4-6-14)23-17-19-11-12-20(17)24(21,22)16-9-7-15(18)8-10-16/h2-10,13H,11-12H2,1H3/t13-/m1/s1. The SMILES string of the molecule is C[C@@H](SC1=NCCN1S(=O)(=O)c1ccc(Br)cc1)c1ccccc1. The molecule has 4 nitrogen and oxygen atoms in total. The Morgan fingerprint density at radius 2 is 1.79 bits per heavy atom. The maximum atomic E-state index is 12.9. The lowest BCUT2D eigenvalue weighted by Gasteiger charge is -2.22. The zero-order valence-electron chi connectivity index (χ0n) is 13.1. The lowest BCUT2D eigenvalue weighted by molar-refractivity contribution is 0.540.